The second-order valence-electron chi connectivity index (χ2n) is 4.38. The Bertz CT molecular complexity index is 253. The minimum absolute atomic E-state index is 0.227. The number of nitrogens with zero attached hydrogens (tertiary/aromatic N) is 1. The summed E-state index contributed by atoms with van der Waals surface area (Å²) in [4.78, 5) is 13.3. The lowest BCUT2D eigenvalue weighted by atomic mass is 10.2. The topological polar surface area (TPSA) is 86.1 Å². The first-order valence-electron chi connectivity index (χ1n) is 6.64. The van der Waals surface area contributed by atoms with E-state index in [1.807, 2.05) is 0 Å². The highest BCUT2D eigenvalue weighted by Crippen LogP contribution is 2.02. The van der Waals surface area contributed by atoms with Gasteiger partial charge in [0.2, 0.25) is 5.91 Å². The molecule has 112 valence electrons. The van der Waals surface area contributed by atoms with Crippen LogP contribution in [0.3, 0.4) is 0 Å². The van der Waals surface area contributed by atoms with Crippen LogP contribution in [0.5, 0.6) is 0 Å². The number of rotatable bonds is 10. The number of hydrogen-bond donors (Lipinski definition) is 2. The van der Waals surface area contributed by atoms with Crippen LogP contribution in [-0.4, -0.2) is 83.2 Å². The van der Waals surface area contributed by atoms with Crippen molar-refractivity contribution in [1.29, 1.82) is 0 Å². The van der Waals surface area contributed by atoms with Crippen LogP contribution >= 0.6 is 0 Å². The number of nitrogens with one attached hydrogen (secondary N) is 1. The first kappa shape index (κ1) is 16.3. The summed E-state index contributed by atoms with van der Waals surface area (Å²) < 4.78 is 15.6. The molecule has 0 aromatic heterocycles. The molecule has 1 aliphatic rings. The van der Waals surface area contributed by atoms with Crippen LogP contribution in [0.2, 0.25) is 0 Å². The van der Waals surface area contributed by atoms with Gasteiger partial charge in [0.25, 0.3) is 0 Å². The molecule has 0 aromatic carbocycles. The van der Waals surface area contributed by atoms with Crippen molar-refractivity contribution in [2.24, 2.45) is 5.73 Å². The van der Waals surface area contributed by atoms with Gasteiger partial charge < -0.3 is 25.3 Å². The third-order valence-electron chi connectivity index (χ3n) is 3.01. The predicted molar refractivity (Wildman–Crippen MR) is 70.9 cm³/mol. The fraction of sp³-hybridized carbons (Fsp3) is 0.917. The summed E-state index contributed by atoms with van der Waals surface area (Å²) in [7, 11) is 1.64. The highest BCUT2D eigenvalue weighted by Gasteiger charge is 2.25. The highest BCUT2D eigenvalue weighted by atomic mass is 16.5. The summed E-state index contributed by atoms with van der Waals surface area (Å²) in [5, 5.41) is 3.16. The van der Waals surface area contributed by atoms with Gasteiger partial charge >= 0.3 is 0 Å². The van der Waals surface area contributed by atoms with E-state index in [-0.39, 0.29) is 11.9 Å². The van der Waals surface area contributed by atoms with Gasteiger partial charge in [-0.05, 0) is 0 Å². The summed E-state index contributed by atoms with van der Waals surface area (Å²) in [6, 6.07) is -0.227. The Morgan fingerprint density at radius 3 is 2.63 bits per heavy atom. The average molecular weight is 275 g/mol. The summed E-state index contributed by atoms with van der Waals surface area (Å²) in [6.07, 6.45) is 0. The van der Waals surface area contributed by atoms with E-state index in [2.05, 4.69) is 10.2 Å². The Morgan fingerprint density at radius 1 is 1.26 bits per heavy atom. The largest absolute Gasteiger partial charge is 0.382 e. The number of amides is 1. The summed E-state index contributed by atoms with van der Waals surface area (Å²) >= 11 is 0. The Morgan fingerprint density at radius 2 is 1.95 bits per heavy atom. The van der Waals surface area contributed by atoms with Crippen LogP contribution in [0.15, 0.2) is 0 Å². The maximum Gasteiger partial charge on any atom is 0.236 e. The molecule has 7 nitrogen and oxygen atoms in total. The molecule has 7 heteroatoms. The molecule has 1 heterocycles. The molecule has 1 atom stereocenters. The fourth-order valence-corrected chi connectivity index (χ4v) is 1.94. The number of carbonyl (C=O) groups is 1. The number of carbonyl (C=O) groups excluding carboxylic acids is 1. The molecule has 3 N–H and O–H groups in total. The summed E-state index contributed by atoms with van der Waals surface area (Å²) in [5.74, 6) is -0.282. The Kier molecular flexibility index (Phi) is 8.68. The average Bonchev–Trinajstić information content (AvgIpc) is 2.42. The summed E-state index contributed by atoms with van der Waals surface area (Å²) in [5.41, 5.74) is 5.36. The number of ether oxygens (including phenoxy) is 3. The third-order valence-corrected chi connectivity index (χ3v) is 3.01. The molecule has 1 rings (SSSR count). The van der Waals surface area contributed by atoms with Crippen molar-refractivity contribution in [1.82, 2.24) is 10.2 Å². The molecule has 0 saturated carbocycles. The number of methoxy groups -OCH3 is 1. The molecule has 1 unspecified atom stereocenters. The monoisotopic (exact) mass is 275 g/mol. The van der Waals surface area contributed by atoms with E-state index in [1.165, 1.54) is 0 Å². The van der Waals surface area contributed by atoms with Gasteiger partial charge in [0.05, 0.1) is 33.0 Å². The van der Waals surface area contributed by atoms with Crippen LogP contribution in [0.25, 0.3) is 0 Å². The van der Waals surface area contributed by atoms with Crippen LogP contribution in [0.4, 0.5) is 0 Å². The third kappa shape index (κ3) is 6.84. The second-order valence-corrected chi connectivity index (χ2v) is 4.38. The van der Waals surface area contributed by atoms with Gasteiger partial charge in [0.15, 0.2) is 0 Å². The molecule has 1 saturated heterocycles. The molecule has 19 heavy (non-hydrogen) atoms. The lowest BCUT2D eigenvalue weighted by Gasteiger charge is -2.33. The van der Waals surface area contributed by atoms with Gasteiger partial charge in [-0.15, -0.1) is 0 Å². The highest BCUT2D eigenvalue weighted by molar-refractivity contribution is 5.80. The van der Waals surface area contributed by atoms with Crippen molar-refractivity contribution in [2.75, 3.05) is 66.3 Å². The normalized spacial score (nSPS) is 20.6. The van der Waals surface area contributed by atoms with Crippen LogP contribution in [0, 0.1) is 0 Å². The first-order chi connectivity index (χ1) is 9.25. The predicted octanol–water partition coefficient (Wildman–Crippen LogP) is -1.57. The second kappa shape index (κ2) is 10.1. The van der Waals surface area contributed by atoms with E-state index in [9.17, 15) is 4.79 Å². The van der Waals surface area contributed by atoms with E-state index in [1.54, 1.807) is 7.11 Å². The van der Waals surface area contributed by atoms with Crippen molar-refractivity contribution in [3.63, 3.8) is 0 Å². The zero-order valence-electron chi connectivity index (χ0n) is 11.6. The Labute approximate surface area is 114 Å². The molecule has 0 aliphatic carbocycles. The minimum atomic E-state index is -0.282. The molecular formula is C12H25N3O4. The minimum Gasteiger partial charge on any atom is -0.382 e. The smallest absolute Gasteiger partial charge is 0.236 e. The molecule has 1 aliphatic heterocycles. The van der Waals surface area contributed by atoms with E-state index < -0.39 is 0 Å². The van der Waals surface area contributed by atoms with Crippen molar-refractivity contribution in [2.45, 2.75) is 6.04 Å². The number of hydrogen-bond acceptors (Lipinski definition) is 6. The van der Waals surface area contributed by atoms with Crippen LogP contribution in [-0.2, 0) is 19.0 Å². The SMILES string of the molecule is COCCOCCOCCN1CCNCC1C(N)=O. The van der Waals surface area contributed by atoms with Crippen LogP contribution in [0.1, 0.15) is 0 Å². The molecule has 1 amide bonds. The van der Waals surface area contributed by atoms with Gasteiger partial charge in [-0.3, -0.25) is 9.69 Å². The van der Waals surface area contributed by atoms with Gasteiger partial charge in [0, 0.05) is 33.3 Å². The van der Waals surface area contributed by atoms with Gasteiger partial charge in [-0.1, -0.05) is 0 Å². The Balaban J connectivity index is 2.02. The van der Waals surface area contributed by atoms with Crippen molar-refractivity contribution >= 4 is 5.91 Å². The molecule has 0 aromatic rings. The van der Waals surface area contributed by atoms with Crippen LogP contribution < -0.4 is 11.1 Å². The fourth-order valence-electron chi connectivity index (χ4n) is 1.94. The lowest BCUT2D eigenvalue weighted by Crippen LogP contribution is -2.57. The Hall–Kier alpha value is -0.730. The van der Waals surface area contributed by atoms with E-state index in [4.69, 9.17) is 19.9 Å². The van der Waals surface area contributed by atoms with Gasteiger partial charge in [0.1, 0.15) is 6.04 Å². The first-order valence-corrected chi connectivity index (χ1v) is 6.64. The van der Waals surface area contributed by atoms with Gasteiger partial charge in [-0.25, -0.2) is 0 Å². The summed E-state index contributed by atoms with van der Waals surface area (Å²) in [6.45, 7) is 5.91. The lowest BCUT2D eigenvalue weighted by molar-refractivity contribution is -0.124. The van der Waals surface area contributed by atoms with Crippen molar-refractivity contribution < 1.29 is 19.0 Å². The number of piperazine rings is 1. The quantitative estimate of drug-likeness (QED) is 0.468. The molecule has 0 spiro atoms. The number of nitrogens with two attached hydrogens (primary N) is 1. The zero-order chi connectivity index (χ0) is 13.9. The standard InChI is InChI=1S/C12H25N3O4/c1-17-6-7-19-9-8-18-5-4-15-3-2-14-10-11(15)12(13)16/h11,14H,2-10H2,1H3,(H2,13,16). The van der Waals surface area contributed by atoms with E-state index in [0.29, 0.717) is 46.1 Å². The molecule has 1 fully saturated rings. The van der Waals surface area contributed by atoms with Crippen molar-refractivity contribution in [3.8, 4) is 0 Å². The maximum absolute atomic E-state index is 11.3. The molecule has 0 radical (unpaired) electrons. The van der Waals surface area contributed by atoms with E-state index in [0.717, 1.165) is 13.1 Å². The molecular weight excluding hydrogens is 250 g/mol. The zero-order valence-corrected chi connectivity index (χ0v) is 11.6. The van der Waals surface area contributed by atoms with Gasteiger partial charge in [-0.2, -0.15) is 0 Å². The van der Waals surface area contributed by atoms with E-state index >= 15 is 0 Å². The maximum atomic E-state index is 11.3. The molecule has 0 bridgehead atoms. The number of primary amides is 1. The van der Waals surface area contributed by atoms with Crippen molar-refractivity contribution in [3.05, 3.63) is 0 Å².